The minimum atomic E-state index is 0.575. The lowest BCUT2D eigenvalue weighted by Crippen LogP contribution is -2.22. The second-order valence-corrected chi connectivity index (χ2v) is 4.47. The predicted octanol–water partition coefficient (Wildman–Crippen LogP) is 3.22. The van der Waals surface area contributed by atoms with Gasteiger partial charge in [-0.05, 0) is 44.8 Å². The van der Waals surface area contributed by atoms with Crippen LogP contribution >= 0.6 is 12.2 Å². The molecular formula is C10H16N2S. The fourth-order valence-corrected chi connectivity index (χ4v) is 2.36. The van der Waals surface area contributed by atoms with Gasteiger partial charge in [0.2, 0.25) is 0 Å². The van der Waals surface area contributed by atoms with Crippen molar-refractivity contribution in [1.29, 1.82) is 0 Å². The highest BCUT2D eigenvalue weighted by atomic mass is 32.1. The number of aromatic nitrogens is 2. The molecule has 0 spiro atoms. The van der Waals surface area contributed by atoms with Crippen LogP contribution in [-0.2, 0) is 0 Å². The van der Waals surface area contributed by atoms with Crippen molar-refractivity contribution in [3.05, 3.63) is 16.7 Å². The van der Waals surface area contributed by atoms with Gasteiger partial charge < -0.3 is 9.55 Å². The zero-order chi connectivity index (χ0) is 9.42. The molecule has 1 N–H and O–H groups in total. The molecule has 0 saturated heterocycles. The molecule has 0 radical (unpaired) electrons. The van der Waals surface area contributed by atoms with Crippen LogP contribution in [-0.4, -0.2) is 9.55 Å². The summed E-state index contributed by atoms with van der Waals surface area (Å²) >= 11 is 5.25. The van der Waals surface area contributed by atoms with E-state index in [-0.39, 0.29) is 0 Å². The second-order valence-electron chi connectivity index (χ2n) is 4.08. The van der Waals surface area contributed by atoms with Crippen LogP contribution in [0.5, 0.6) is 0 Å². The maximum atomic E-state index is 5.25. The molecule has 13 heavy (non-hydrogen) atoms. The second kappa shape index (κ2) is 3.29. The molecule has 2 rings (SSSR count). The van der Waals surface area contributed by atoms with Crippen molar-refractivity contribution in [1.82, 2.24) is 9.55 Å². The van der Waals surface area contributed by atoms with E-state index in [4.69, 9.17) is 12.2 Å². The van der Waals surface area contributed by atoms with E-state index in [2.05, 4.69) is 29.6 Å². The highest BCUT2D eigenvalue weighted by Gasteiger charge is 2.25. The van der Waals surface area contributed by atoms with Crippen LogP contribution in [0.3, 0.4) is 0 Å². The summed E-state index contributed by atoms with van der Waals surface area (Å²) in [4.78, 5) is 3.17. The fourth-order valence-electron chi connectivity index (χ4n) is 1.98. The van der Waals surface area contributed by atoms with Crippen molar-refractivity contribution in [3.63, 3.8) is 0 Å². The highest BCUT2D eigenvalue weighted by Crippen LogP contribution is 2.36. The van der Waals surface area contributed by atoms with E-state index in [0.717, 1.165) is 16.4 Å². The molecule has 0 amide bonds. The van der Waals surface area contributed by atoms with Crippen LogP contribution < -0.4 is 0 Å². The zero-order valence-corrected chi connectivity index (χ0v) is 9.03. The van der Waals surface area contributed by atoms with Gasteiger partial charge in [0.25, 0.3) is 0 Å². The van der Waals surface area contributed by atoms with Crippen molar-refractivity contribution in [2.75, 3.05) is 0 Å². The van der Waals surface area contributed by atoms with Crippen LogP contribution in [0.25, 0.3) is 0 Å². The Bertz CT molecular complexity index is 346. The summed E-state index contributed by atoms with van der Waals surface area (Å²) in [5.74, 6) is 0.849. The first-order valence-corrected chi connectivity index (χ1v) is 5.37. The monoisotopic (exact) mass is 196 g/mol. The molecule has 72 valence electrons. The predicted molar refractivity (Wildman–Crippen MR) is 56.4 cm³/mol. The highest BCUT2D eigenvalue weighted by molar-refractivity contribution is 7.71. The average molecular weight is 196 g/mol. The van der Waals surface area contributed by atoms with Gasteiger partial charge in [0, 0.05) is 17.9 Å². The van der Waals surface area contributed by atoms with Crippen molar-refractivity contribution in [2.45, 2.75) is 39.2 Å². The third-order valence-electron chi connectivity index (χ3n) is 3.14. The molecule has 1 aliphatic carbocycles. The Morgan fingerprint density at radius 1 is 1.62 bits per heavy atom. The quantitative estimate of drug-likeness (QED) is 0.720. The summed E-state index contributed by atoms with van der Waals surface area (Å²) in [6, 6.07) is 0.575. The van der Waals surface area contributed by atoms with Gasteiger partial charge in [0.05, 0.1) is 0 Å². The Morgan fingerprint density at radius 2 is 2.31 bits per heavy atom. The zero-order valence-electron chi connectivity index (χ0n) is 8.21. The van der Waals surface area contributed by atoms with E-state index >= 15 is 0 Å². The third-order valence-corrected chi connectivity index (χ3v) is 3.46. The molecule has 0 aliphatic heterocycles. The smallest absolute Gasteiger partial charge is 0.177 e. The maximum absolute atomic E-state index is 5.25. The third kappa shape index (κ3) is 1.57. The lowest BCUT2D eigenvalue weighted by atomic mass is 9.80. The first-order valence-electron chi connectivity index (χ1n) is 4.96. The van der Waals surface area contributed by atoms with Crippen LogP contribution in [0, 0.1) is 17.6 Å². The normalized spacial score (nSPS) is 19.8. The van der Waals surface area contributed by atoms with Gasteiger partial charge in [0.15, 0.2) is 4.77 Å². The lowest BCUT2D eigenvalue weighted by molar-refractivity contribution is 0.221. The van der Waals surface area contributed by atoms with Crippen LogP contribution in [0.4, 0.5) is 0 Å². The number of nitrogens with zero attached hydrogens (tertiary/aromatic N) is 1. The summed E-state index contributed by atoms with van der Waals surface area (Å²) in [7, 11) is 0. The minimum absolute atomic E-state index is 0.575. The van der Waals surface area contributed by atoms with Gasteiger partial charge in [-0.15, -0.1) is 0 Å². The fraction of sp³-hybridized carbons (Fsp3) is 0.700. The number of imidazole rings is 1. The maximum Gasteiger partial charge on any atom is 0.177 e. The lowest BCUT2D eigenvalue weighted by Gasteiger charge is -2.32. The Hall–Kier alpha value is -0.570. The number of rotatable bonds is 2. The van der Waals surface area contributed by atoms with Crippen molar-refractivity contribution >= 4 is 12.2 Å². The Morgan fingerprint density at radius 3 is 2.69 bits per heavy atom. The summed E-state index contributed by atoms with van der Waals surface area (Å²) in [6.45, 7) is 4.33. The molecule has 1 aromatic rings. The SMILES string of the molecule is Cc1cn(C(C)C2CCC2)c(=S)[nH]1. The molecule has 3 heteroatoms. The Kier molecular flexibility index (Phi) is 2.28. The average Bonchev–Trinajstić information content (AvgIpc) is 2.26. The number of hydrogen-bond donors (Lipinski definition) is 1. The van der Waals surface area contributed by atoms with Gasteiger partial charge in [0.1, 0.15) is 0 Å². The summed E-state index contributed by atoms with van der Waals surface area (Å²) in [6.07, 6.45) is 6.26. The summed E-state index contributed by atoms with van der Waals surface area (Å²) < 4.78 is 3.08. The Labute approximate surface area is 84.0 Å². The number of H-pyrrole nitrogens is 1. The molecule has 1 saturated carbocycles. The molecule has 1 unspecified atom stereocenters. The van der Waals surface area contributed by atoms with Gasteiger partial charge in [-0.2, -0.15) is 0 Å². The van der Waals surface area contributed by atoms with Gasteiger partial charge in [-0.1, -0.05) is 6.42 Å². The summed E-state index contributed by atoms with van der Waals surface area (Å²) in [5.41, 5.74) is 1.16. The van der Waals surface area contributed by atoms with Gasteiger partial charge >= 0.3 is 0 Å². The Balaban J connectivity index is 2.23. The molecule has 1 aliphatic rings. The molecule has 1 heterocycles. The molecule has 0 aromatic carbocycles. The standard InChI is InChI=1S/C10H16N2S/c1-7-6-12(10(13)11-7)8(2)9-4-3-5-9/h6,8-9H,3-5H2,1-2H3,(H,11,13). The molecule has 0 bridgehead atoms. The molecule has 1 atom stereocenters. The van der Waals surface area contributed by atoms with E-state index in [0.29, 0.717) is 6.04 Å². The first kappa shape index (κ1) is 9.00. The number of hydrogen-bond acceptors (Lipinski definition) is 1. The van der Waals surface area contributed by atoms with Crippen molar-refractivity contribution < 1.29 is 0 Å². The van der Waals surface area contributed by atoms with Gasteiger partial charge in [-0.3, -0.25) is 0 Å². The van der Waals surface area contributed by atoms with E-state index in [1.807, 2.05) is 0 Å². The van der Waals surface area contributed by atoms with Gasteiger partial charge in [-0.25, -0.2) is 0 Å². The molecule has 1 aromatic heterocycles. The van der Waals surface area contributed by atoms with Crippen LogP contribution in [0.2, 0.25) is 0 Å². The topological polar surface area (TPSA) is 20.7 Å². The number of nitrogens with one attached hydrogen (secondary N) is 1. The molecular weight excluding hydrogens is 180 g/mol. The summed E-state index contributed by atoms with van der Waals surface area (Å²) in [5, 5.41) is 0. The number of aromatic amines is 1. The largest absolute Gasteiger partial charge is 0.335 e. The van der Waals surface area contributed by atoms with E-state index in [1.54, 1.807) is 0 Å². The molecule has 1 fully saturated rings. The van der Waals surface area contributed by atoms with E-state index in [1.165, 1.54) is 19.3 Å². The van der Waals surface area contributed by atoms with Crippen LogP contribution in [0.1, 0.15) is 37.9 Å². The van der Waals surface area contributed by atoms with Crippen molar-refractivity contribution in [3.8, 4) is 0 Å². The molecule has 2 nitrogen and oxygen atoms in total. The van der Waals surface area contributed by atoms with Crippen molar-refractivity contribution in [2.24, 2.45) is 5.92 Å². The van der Waals surface area contributed by atoms with E-state index in [9.17, 15) is 0 Å². The number of aryl methyl sites for hydroxylation is 1. The minimum Gasteiger partial charge on any atom is -0.335 e. The first-order chi connectivity index (χ1) is 6.18. The van der Waals surface area contributed by atoms with Crippen LogP contribution in [0.15, 0.2) is 6.20 Å². The van der Waals surface area contributed by atoms with E-state index < -0.39 is 0 Å².